The number of aryl methyl sites for hydroxylation is 1. The molecule has 2 nitrogen and oxygen atoms in total. The van der Waals surface area contributed by atoms with Gasteiger partial charge in [0.15, 0.2) is 0 Å². The predicted octanol–water partition coefficient (Wildman–Crippen LogP) is 3.93. The number of nitrogens with zero attached hydrogens (tertiary/aromatic N) is 1. The third kappa shape index (κ3) is 4.07. The van der Waals surface area contributed by atoms with E-state index >= 15 is 0 Å². The van der Waals surface area contributed by atoms with Crippen molar-refractivity contribution in [2.24, 2.45) is 5.41 Å². The van der Waals surface area contributed by atoms with Crippen molar-refractivity contribution in [1.82, 2.24) is 4.90 Å². The molecule has 112 valence electrons. The van der Waals surface area contributed by atoms with Gasteiger partial charge in [-0.2, -0.15) is 0 Å². The summed E-state index contributed by atoms with van der Waals surface area (Å²) in [5, 5.41) is 10.4. The van der Waals surface area contributed by atoms with Crippen LogP contribution in [-0.2, 0) is 0 Å². The molecule has 0 aromatic heterocycles. The van der Waals surface area contributed by atoms with E-state index < -0.39 is 0 Å². The number of hydrogen-bond acceptors (Lipinski definition) is 2. The number of likely N-dealkylation sites (N-methyl/N-ethyl adjacent to an activating group) is 1. The highest BCUT2D eigenvalue weighted by Crippen LogP contribution is 2.36. The van der Waals surface area contributed by atoms with Gasteiger partial charge in [-0.25, -0.2) is 0 Å². The van der Waals surface area contributed by atoms with Crippen LogP contribution in [0, 0.1) is 12.3 Å². The summed E-state index contributed by atoms with van der Waals surface area (Å²) in [6.07, 6.45) is 4.72. The van der Waals surface area contributed by atoms with Crippen molar-refractivity contribution in [2.75, 3.05) is 13.6 Å². The normalized spacial score (nSPS) is 21.1. The fraction of sp³-hybridized carbons (Fsp3) is 0.667. The summed E-state index contributed by atoms with van der Waals surface area (Å²) in [7, 11) is 2.15. The minimum Gasteiger partial charge on any atom is -0.387 e. The SMILES string of the molecule is Cc1cccc(C(O)CN(C)C2CCC(C)(C)CC2)c1. The lowest BCUT2D eigenvalue weighted by molar-refractivity contribution is 0.0722. The Morgan fingerprint density at radius 2 is 1.95 bits per heavy atom. The van der Waals surface area contributed by atoms with E-state index in [9.17, 15) is 5.11 Å². The number of hydrogen-bond donors (Lipinski definition) is 1. The van der Waals surface area contributed by atoms with Crippen LogP contribution in [0.1, 0.15) is 56.8 Å². The van der Waals surface area contributed by atoms with E-state index in [2.05, 4.69) is 44.9 Å². The van der Waals surface area contributed by atoms with Gasteiger partial charge in [0, 0.05) is 12.6 Å². The Hall–Kier alpha value is -0.860. The number of aliphatic hydroxyl groups is 1. The van der Waals surface area contributed by atoms with Crippen LogP contribution in [0.5, 0.6) is 0 Å². The molecule has 1 atom stereocenters. The van der Waals surface area contributed by atoms with Gasteiger partial charge in [0.05, 0.1) is 6.10 Å². The minimum atomic E-state index is -0.380. The molecule has 1 fully saturated rings. The van der Waals surface area contributed by atoms with Gasteiger partial charge in [0.1, 0.15) is 0 Å². The lowest BCUT2D eigenvalue weighted by atomic mass is 9.75. The molecule has 1 aromatic carbocycles. The van der Waals surface area contributed by atoms with Crippen molar-refractivity contribution >= 4 is 0 Å². The Morgan fingerprint density at radius 1 is 1.30 bits per heavy atom. The minimum absolute atomic E-state index is 0.380. The molecule has 0 bridgehead atoms. The molecule has 0 amide bonds. The van der Waals surface area contributed by atoms with E-state index in [0.29, 0.717) is 11.5 Å². The van der Waals surface area contributed by atoms with Gasteiger partial charge in [0.2, 0.25) is 0 Å². The van der Waals surface area contributed by atoms with Crippen molar-refractivity contribution in [3.63, 3.8) is 0 Å². The van der Waals surface area contributed by atoms with E-state index in [1.165, 1.54) is 31.2 Å². The van der Waals surface area contributed by atoms with E-state index in [1.54, 1.807) is 0 Å². The van der Waals surface area contributed by atoms with Crippen LogP contribution in [0.4, 0.5) is 0 Å². The van der Waals surface area contributed by atoms with Crippen LogP contribution in [0.15, 0.2) is 24.3 Å². The standard InChI is InChI=1S/C18H29NO/c1-14-6-5-7-15(12-14)17(20)13-19(4)16-8-10-18(2,3)11-9-16/h5-7,12,16-17,20H,8-11,13H2,1-4H3. The van der Waals surface area contributed by atoms with E-state index in [4.69, 9.17) is 0 Å². The molecule has 0 heterocycles. The number of rotatable bonds is 4. The molecular weight excluding hydrogens is 246 g/mol. The molecule has 1 saturated carbocycles. The monoisotopic (exact) mass is 275 g/mol. The largest absolute Gasteiger partial charge is 0.387 e. The molecule has 1 unspecified atom stereocenters. The fourth-order valence-electron chi connectivity index (χ4n) is 3.23. The van der Waals surface area contributed by atoms with Gasteiger partial charge in [-0.15, -0.1) is 0 Å². The summed E-state index contributed by atoms with van der Waals surface area (Å²) in [6, 6.07) is 8.83. The first-order chi connectivity index (χ1) is 9.37. The first-order valence-corrected chi connectivity index (χ1v) is 7.82. The van der Waals surface area contributed by atoms with E-state index in [0.717, 1.165) is 12.1 Å². The molecule has 2 rings (SSSR count). The van der Waals surface area contributed by atoms with E-state index in [-0.39, 0.29) is 6.10 Å². The molecule has 0 aliphatic heterocycles. The van der Waals surface area contributed by atoms with Gasteiger partial charge in [0.25, 0.3) is 0 Å². The number of benzene rings is 1. The van der Waals surface area contributed by atoms with Crippen LogP contribution in [0.2, 0.25) is 0 Å². The molecule has 0 radical (unpaired) electrons. The molecule has 1 N–H and O–H groups in total. The lowest BCUT2D eigenvalue weighted by Gasteiger charge is -2.39. The molecule has 20 heavy (non-hydrogen) atoms. The Morgan fingerprint density at radius 3 is 2.55 bits per heavy atom. The first kappa shape index (κ1) is 15.5. The Balaban J connectivity index is 1.90. The second-order valence-corrected chi connectivity index (χ2v) is 7.26. The van der Waals surface area contributed by atoms with Crippen molar-refractivity contribution in [1.29, 1.82) is 0 Å². The smallest absolute Gasteiger partial charge is 0.0917 e. The highest BCUT2D eigenvalue weighted by atomic mass is 16.3. The van der Waals surface area contributed by atoms with Gasteiger partial charge in [-0.05, 0) is 50.6 Å². The third-order valence-corrected chi connectivity index (χ3v) is 4.82. The van der Waals surface area contributed by atoms with Crippen LogP contribution in [0.3, 0.4) is 0 Å². The third-order valence-electron chi connectivity index (χ3n) is 4.82. The zero-order valence-electron chi connectivity index (χ0n) is 13.4. The topological polar surface area (TPSA) is 23.5 Å². The van der Waals surface area contributed by atoms with Crippen LogP contribution >= 0.6 is 0 Å². The van der Waals surface area contributed by atoms with Crippen LogP contribution in [-0.4, -0.2) is 29.6 Å². The lowest BCUT2D eigenvalue weighted by Crippen LogP contribution is -2.39. The summed E-state index contributed by atoms with van der Waals surface area (Å²) >= 11 is 0. The quantitative estimate of drug-likeness (QED) is 0.900. The van der Waals surface area contributed by atoms with Crippen LogP contribution < -0.4 is 0 Å². The maximum absolute atomic E-state index is 10.4. The predicted molar refractivity (Wildman–Crippen MR) is 84.8 cm³/mol. The first-order valence-electron chi connectivity index (χ1n) is 7.82. The Labute approximate surface area is 123 Å². The summed E-state index contributed by atoms with van der Waals surface area (Å²) in [5.41, 5.74) is 2.75. The van der Waals surface area contributed by atoms with Crippen molar-refractivity contribution < 1.29 is 5.11 Å². The highest BCUT2D eigenvalue weighted by molar-refractivity contribution is 5.24. The second-order valence-electron chi connectivity index (χ2n) is 7.26. The van der Waals surface area contributed by atoms with Crippen molar-refractivity contribution in [2.45, 2.75) is 58.6 Å². The zero-order chi connectivity index (χ0) is 14.8. The Kier molecular flexibility index (Phi) is 4.87. The average molecular weight is 275 g/mol. The molecule has 0 saturated heterocycles. The van der Waals surface area contributed by atoms with Gasteiger partial charge < -0.3 is 10.0 Å². The maximum atomic E-state index is 10.4. The Bertz CT molecular complexity index is 431. The maximum Gasteiger partial charge on any atom is 0.0917 e. The van der Waals surface area contributed by atoms with Gasteiger partial charge >= 0.3 is 0 Å². The van der Waals surface area contributed by atoms with Gasteiger partial charge in [-0.3, -0.25) is 0 Å². The second kappa shape index (κ2) is 6.28. The summed E-state index contributed by atoms with van der Waals surface area (Å²) in [4.78, 5) is 2.35. The fourth-order valence-corrected chi connectivity index (χ4v) is 3.23. The molecule has 2 heteroatoms. The van der Waals surface area contributed by atoms with Gasteiger partial charge in [-0.1, -0.05) is 43.7 Å². The molecule has 1 aliphatic carbocycles. The molecular formula is C18H29NO. The van der Waals surface area contributed by atoms with Crippen LogP contribution in [0.25, 0.3) is 0 Å². The van der Waals surface area contributed by atoms with Crippen molar-refractivity contribution in [3.05, 3.63) is 35.4 Å². The average Bonchev–Trinajstić information content (AvgIpc) is 2.38. The zero-order valence-corrected chi connectivity index (χ0v) is 13.4. The highest BCUT2D eigenvalue weighted by Gasteiger charge is 2.29. The summed E-state index contributed by atoms with van der Waals surface area (Å²) in [6.45, 7) is 7.54. The molecule has 1 aromatic rings. The molecule has 1 aliphatic rings. The molecule has 0 spiro atoms. The number of aliphatic hydroxyl groups excluding tert-OH is 1. The van der Waals surface area contributed by atoms with E-state index in [1.807, 2.05) is 12.1 Å². The summed E-state index contributed by atoms with van der Waals surface area (Å²) < 4.78 is 0. The summed E-state index contributed by atoms with van der Waals surface area (Å²) in [5.74, 6) is 0. The van der Waals surface area contributed by atoms with Crippen molar-refractivity contribution in [3.8, 4) is 0 Å².